The number of aromatic nitrogens is 3. The summed E-state index contributed by atoms with van der Waals surface area (Å²) in [5, 5.41) is 0. The molecule has 1 aliphatic heterocycles. The molecule has 0 saturated carbocycles. The Balaban J connectivity index is 1.47. The Bertz CT molecular complexity index is 812. The standard InChI is InChI=1S/C20H24N4O2/c1-15-19-22-12-17(14-26-18-8-5-9-21-13-18)24(19)11-10-23(15)20(25)16-6-3-2-4-7-16/h5-6,8-9,12-13,15H,2-4,7,10-11,14H2,1H3/t15-/m1/s1. The van der Waals surface area contributed by atoms with Crippen LogP contribution in [0.4, 0.5) is 0 Å². The van der Waals surface area contributed by atoms with E-state index in [1.807, 2.05) is 23.2 Å². The van der Waals surface area contributed by atoms with E-state index in [9.17, 15) is 4.79 Å². The lowest BCUT2D eigenvalue weighted by Crippen LogP contribution is -2.42. The fraction of sp³-hybridized carbons (Fsp3) is 0.450. The third-order valence-electron chi connectivity index (χ3n) is 5.22. The maximum Gasteiger partial charge on any atom is 0.250 e. The molecule has 2 aromatic heterocycles. The van der Waals surface area contributed by atoms with Crippen molar-refractivity contribution in [2.75, 3.05) is 6.54 Å². The van der Waals surface area contributed by atoms with Crippen LogP contribution in [0, 0.1) is 0 Å². The molecule has 2 aromatic rings. The summed E-state index contributed by atoms with van der Waals surface area (Å²) in [5.74, 6) is 1.86. The predicted molar refractivity (Wildman–Crippen MR) is 97.5 cm³/mol. The Kier molecular flexibility index (Phi) is 4.73. The summed E-state index contributed by atoms with van der Waals surface area (Å²) >= 11 is 0. The Hall–Kier alpha value is -2.63. The van der Waals surface area contributed by atoms with Gasteiger partial charge in [0.15, 0.2) is 0 Å². The minimum absolute atomic E-state index is 0.0220. The maximum atomic E-state index is 12.9. The second-order valence-electron chi connectivity index (χ2n) is 6.89. The van der Waals surface area contributed by atoms with Gasteiger partial charge in [-0.1, -0.05) is 6.08 Å². The molecule has 0 bridgehead atoms. The first-order chi connectivity index (χ1) is 12.7. The van der Waals surface area contributed by atoms with E-state index in [1.54, 1.807) is 12.4 Å². The molecule has 1 atom stereocenters. The number of hydrogen-bond acceptors (Lipinski definition) is 4. The molecule has 1 amide bonds. The van der Waals surface area contributed by atoms with Crippen molar-refractivity contribution in [1.82, 2.24) is 19.4 Å². The first kappa shape index (κ1) is 16.8. The lowest BCUT2D eigenvalue weighted by Gasteiger charge is -2.35. The number of fused-ring (bicyclic) bond motifs is 1. The molecule has 6 heteroatoms. The molecule has 1 aliphatic carbocycles. The number of amides is 1. The lowest BCUT2D eigenvalue weighted by atomic mass is 9.98. The lowest BCUT2D eigenvalue weighted by molar-refractivity contribution is -0.130. The summed E-state index contributed by atoms with van der Waals surface area (Å²) in [5.41, 5.74) is 2.00. The van der Waals surface area contributed by atoms with Crippen LogP contribution in [0.25, 0.3) is 0 Å². The Labute approximate surface area is 153 Å². The van der Waals surface area contributed by atoms with Crippen LogP contribution in [0.3, 0.4) is 0 Å². The number of imidazole rings is 1. The zero-order valence-corrected chi connectivity index (χ0v) is 15.1. The van der Waals surface area contributed by atoms with Crippen LogP contribution >= 0.6 is 0 Å². The van der Waals surface area contributed by atoms with E-state index in [-0.39, 0.29) is 11.9 Å². The Morgan fingerprint density at radius 2 is 2.23 bits per heavy atom. The summed E-state index contributed by atoms with van der Waals surface area (Å²) in [4.78, 5) is 23.5. The number of pyridine rings is 1. The summed E-state index contributed by atoms with van der Waals surface area (Å²) < 4.78 is 7.99. The molecule has 6 nitrogen and oxygen atoms in total. The first-order valence-electron chi connectivity index (χ1n) is 9.31. The summed E-state index contributed by atoms with van der Waals surface area (Å²) in [6.45, 7) is 3.97. The Morgan fingerprint density at radius 3 is 3.00 bits per heavy atom. The van der Waals surface area contributed by atoms with Gasteiger partial charge < -0.3 is 14.2 Å². The molecular formula is C20H24N4O2. The van der Waals surface area contributed by atoms with Gasteiger partial charge in [-0.2, -0.15) is 0 Å². The predicted octanol–water partition coefficient (Wildman–Crippen LogP) is 3.26. The number of rotatable bonds is 4. The summed E-state index contributed by atoms with van der Waals surface area (Å²) in [6, 6.07) is 3.72. The molecule has 2 aliphatic rings. The molecule has 0 aromatic carbocycles. The number of carbonyl (C=O) groups excluding carboxylic acids is 1. The van der Waals surface area contributed by atoms with Gasteiger partial charge in [0, 0.05) is 24.9 Å². The second-order valence-corrected chi connectivity index (χ2v) is 6.89. The van der Waals surface area contributed by atoms with Crippen LogP contribution in [0.5, 0.6) is 5.75 Å². The van der Waals surface area contributed by atoms with Crippen molar-refractivity contribution in [2.24, 2.45) is 0 Å². The van der Waals surface area contributed by atoms with Crippen molar-refractivity contribution in [3.63, 3.8) is 0 Å². The number of ether oxygens (including phenoxy) is 1. The normalized spacial score (nSPS) is 19.7. The quantitative estimate of drug-likeness (QED) is 0.847. The molecule has 0 fully saturated rings. The largest absolute Gasteiger partial charge is 0.486 e. The van der Waals surface area contributed by atoms with Gasteiger partial charge in [0.05, 0.1) is 24.1 Å². The van der Waals surface area contributed by atoms with Gasteiger partial charge in [-0.25, -0.2) is 4.98 Å². The number of hydrogen-bond donors (Lipinski definition) is 0. The zero-order chi connectivity index (χ0) is 17.9. The molecule has 0 spiro atoms. The van der Waals surface area contributed by atoms with E-state index >= 15 is 0 Å². The van der Waals surface area contributed by atoms with Crippen LogP contribution in [-0.2, 0) is 17.9 Å². The molecule has 0 saturated heterocycles. The van der Waals surface area contributed by atoms with E-state index in [1.165, 1.54) is 6.42 Å². The van der Waals surface area contributed by atoms with E-state index in [0.29, 0.717) is 13.2 Å². The van der Waals surface area contributed by atoms with Gasteiger partial charge in [-0.15, -0.1) is 0 Å². The molecule has 0 N–H and O–H groups in total. The van der Waals surface area contributed by atoms with Gasteiger partial charge in [-0.05, 0) is 44.7 Å². The first-order valence-corrected chi connectivity index (χ1v) is 9.31. The molecule has 3 heterocycles. The van der Waals surface area contributed by atoms with E-state index in [2.05, 4.69) is 27.5 Å². The third-order valence-corrected chi connectivity index (χ3v) is 5.22. The minimum atomic E-state index is -0.0220. The molecule has 136 valence electrons. The van der Waals surface area contributed by atoms with Crippen molar-refractivity contribution in [3.05, 3.63) is 53.9 Å². The summed E-state index contributed by atoms with van der Waals surface area (Å²) in [6.07, 6.45) is 11.6. The van der Waals surface area contributed by atoms with E-state index < -0.39 is 0 Å². The highest BCUT2D eigenvalue weighted by molar-refractivity contribution is 5.93. The maximum absolute atomic E-state index is 12.9. The molecule has 4 rings (SSSR count). The van der Waals surface area contributed by atoms with Crippen molar-refractivity contribution >= 4 is 5.91 Å². The highest BCUT2D eigenvalue weighted by Crippen LogP contribution is 2.29. The van der Waals surface area contributed by atoms with Crippen molar-refractivity contribution in [1.29, 1.82) is 0 Å². The summed E-state index contributed by atoms with van der Waals surface area (Å²) in [7, 11) is 0. The molecular weight excluding hydrogens is 328 g/mol. The Morgan fingerprint density at radius 1 is 1.31 bits per heavy atom. The van der Waals surface area contributed by atoms with Crippen molar-refractivity contribution in [3.8, 4) is 5.75 Å². The van der Waals surface area contributed by atoms with E-state index in [4.69, 9.17) is 4.74 Å². The van der Waals surface area contributed by atoms with Gasteiger partial charge in [0.2, 0.25) is 5.91 Å². The van der Waals surface area contributed by atoms with Crippen LogP contribution in [0.1, 0.15) is 50.2 Å². The van der Waals surface area contributed by atoms with Gasteiger partial charge in [0.1, 0.15) is 18.2 Å². The second kappa shape index (κ2) is 7.32. The van der Waals surface area contributed by atoms with Gasteiger partial charge in [0.25, 0.3) is 0 Å². The number of nitrogens with zero attached hydrogens (tertiary/aromatic N) is 4. The highest BCUT2D eigenvalue weighted by Gasteiger charge is 2.31. The van der Waals surface area contributed by atoms with Gasteiger partial charge in [-0.3, -0.25) is 9.78 Å². The fourth-order valence-corrected chi connectivity index (χ4v) is 3.76. The van der Waals surface area contributed by atoms with Crippen molar-refractivity contribution < 1.29 is 9.53 Å². The monoisotopic (exact) mass is 352 g/mol. The SMILES string of the molecule is C[C@@H]1c2ncc(COc3cccnc3)n2CCN1C(=O)C1=CCCCC1. The zero-order valence-electron chi connectivity index (χ0n) is 15.1. The van der Waals surface area contributed by atoms with E-state index in [0.717, 1.165) is 48.6 Å². The minimum Gasteiger partial charge on any atom is -0.486 e. The fourth-order valence-electron chi connectivity index (χ4n) is 3.76. The highest BCUT2D eigenvalue weighted by atomic mass is 16.5. The smallest absolute Gasteiger partial charge is 0.250 e. The van der Waals surface area contributed by atoms with Crippen molar-refractivity contribution in [2.45, 2.75) is 51.8 Å². The topological polar surface area (TPSA) is 60.3 Å². The average molecular weight is 352 g/mol. The average Bonchev–Trinajstić information content (AvgIpc) is 3.12. The molecule has 26 heavy (non-hydrogen) atoms. The van der Waals surface area contributed by atoms with Crippen LogP contribution < -0.4 is 4.74 Å². The van der Waals surface area contributed by atoms with Gasteiger partial charge >= 0.3 is 0 Å². The third kappa shape index (κ3) is 3.23. The van der Waals surface area contributed by atoms with Crippen LogP contribution in [-0.4, -0.2) is 31.9 Å². The number of carbonyl (C=O) groups is 1. The molecule has 0 unspecified atom stereocenters. The van der Waals surface area contributed by atoms with Crippen LogP contribution in [0.15, 0.2) is 42.4 Å². The number of allylic oxidation sites excluding steroid dienone is 1. The van der Waals surface area contributed by atoms with Crippen LogP contribution in [0.2, 0.25) is 0 Å². The molecule has 0 radical (unpaired) electrons.